The van der Waals surface area contributed by atoms with Crippen LogP contribution in [0.25, 0.3) is 0 Å². The van der Waals surface area contributed by atoms with Gasteiger partial charge in [0.05, 0.1) is 0 Å². The second-order valence-corrected chi connectivity index (χ2v) is 5.86. The number of nitrogens with zero attached hydrogens (tertiary/aromatic N) is 2. The molecule has 1 rings (SSSR count). The summed E-state index contributed by atoms with van der Waals surface area (Å²) in [6, 6.07) is 0. The summed E-state index contributed by atoms with van der Waals surface area (Å²) >= 11 is 0. The summed E-state index contributed by atoms with van der Waals surface area (Å²) in [4.78, 5) is 16.6. The van der Waals surface area contributed by atoms with Crippen molar-refractivity contribution in [3.63, 3.8) is 0 Å². The van der Waals surface area contributed by atoms with E-state index in [0.29, 0.717) is 24.8 Å². The van der Waals surface area contributed by atoms with Gasteiger partial charge < -0.3 is 15.5 Å². The van der Waals surface area contributed by atoms with Gasteiger partial charge in [0.1, 0.15) is 0 Å². The summed E-state index contributed by atoms with van der Waals surface area (Å²) < 4.78 is 0. The number of carbonyl (C=O) groups excluding carboxylic acids is 1. The van der Waals surface area contributed by atoms with Gasteiger partial charge >= 0.3 is 0 Å². The summed E-state index contributed by atoms with van der Waals surface area (Å²) in [5, 5.41) is 0. The fourth-order valence-electron chi connectivity index (χ4n) is 2.72. The van der Waals surface area contributed by atoms with E-state index in [1.165, 1.54) is 6.54 Å². The summed E-state index contributed by atoms with van der Waals surface area (Å²) in [5.74, 6) is 1.36. The fourth-order valence-corrected chi connectivity index (χ4v) is 2.72. The molecule has 0 aliphatic carbocycles. The van der Waals surface area contributed by atoms with Crippen molar-refractivity contribution in [1.82, 2.24) is 9.80 Å². The van der Waals surface area contributed by atoms with Crippen molar-refractivity contribution < 1.29 is 4.79 Å². The highest BCUT2D eigenvalue weighted by molar-refractivity contribution is 5.76. The third kappa shape index (κ3) is 5.49. The van der Waals surface area contributed by atoms with Gasteiger partial charge in [0.25, 0.3) is 0 Å². The van der Waals surface area contributed by atoms with Gasteiger partial charge in [-0.3, -0.25) is 4.79 Å². The Morgan fingerprint density at radius 2 is 1.89 bits per heavy atom. The fraction of sp³-hybridized carbons (Fsp3) is 0.933. The molecule has 0 bridgehead atoms. The monoisotopic (exact) mass is 269 g/mol. The van der Waals surface area contributed by atoms with Crippen LogP contribution in [0, 0.1) is 11.8 Å². The molecule has 1 fully saturated rings. The molecule has 1 saturated heterocycles. The number of piperidine rings is 1. The zero-order valence-corrected chi connectivity index (χ0v) is 12.9. The highest BCUT2D eigenvalue weighted by atomic mass is 16.2. The number of rotatable bonds is 7. The molecule has 1 aliphatic rings. The van der Waals surface area contributed by atoms with Gasteiger partial charge in [0, 0.05) is 26.1 Å². The molecule has 1 heterocycles. The Balaban J connectivity index is 2.30. The lowest BCUT2D eigenvalue weighted by Crippen LogP contribution is -2.42. The Morgan fingerprint density at radius 1 is 1.32 bits per heavy atom. The zero-order chi connectivity index (χ0) is 14.3. The van der Waals surface area contributed by atoms with Crippen LogP contribution in [0.5, 0.6) is 0 Å². The summed E-state index contributed by atoms with van der Waals surface area (Å²) in [5.41, 5.74) is 5.58. The quantitative estimate of drug-likeness (QED) is 0.763. The Labute approximate surface area is 118 Å². The largest absolute Gasteiger partial charge is 0.343 e. The highest BCUT2D eigenvalue weighted by Crippen LogP contribution is 2.19. The van der Waals surface area contributed by atoms with E-state index in [-0.39, 0.29) is 0 Å². The van der Waals surface area contributed by atoms with Gasteiger partial charge in [0.2, 0.25) is 5.91 Å². The molecular weight excluding hydrogens is 238 g/mol. The van der Waals surface area contributed by atoms with E-state index in [1.807, 2.05) is 11.8 Å². The maximum absolute atomic E-state index is 12.1. The lowest BCUT2D eigenvalue weighted by molar-refractivity contribution is -0.133. The molecule has 0 radical (unpaired) electrons. The molecule has 4 nitrogen and oxygen atoms in total. The van der Waals surface area contributed by atoms with E-state index in [1.54, 1.807) is 0 Å². The van der Waals surface area contributed by atoms with Crippen LogP contribution in [-0.4, -0.2) is 55.0 Å². The molecule has 1 amide bonds. The van der Waals surface area contributed by atoms with Gasteiger partial charge in [-0.2, -0.15) is 0 Å². The van der Waals surface area contributed by atoms with Crippen molar-refractivity contribution in [3.8, 4) is 0 Å². The first-order valence-electron chi connectivity index (χ1n) is 7.80. The van der Waals surface area contributed by atoms with Crippen LogP contribution < -0.4 is 5.73 Å². The number of hydrogen-bond acceptors (Lipinski definition) is 3. The van der Waals surface area contributed by atoms with Crippen LogP contribution in [0.15, 0.2) is 0 Å². The second-order valence-electron chi connectivity index (χ2n) is 5.86. The minimum absolute atomic E-state index is 0.291. The molecule has 19 heavy (non-hydrogen) atoms. The number of carbonyl (C=O) groups is 1. The van der Waals surface area contributed by atoms with Gasteiger partial charge in [-0.05, 0) is 44.3 Å². The predicted octanol–water partition coefficient (Wildman–Crippen LogP) is 1.55. The molecule has 4 heteroatoms. The number of amides is 1. The molecule has 0 aromatic carbocycles. The van der Waals surface area contributed by atoms with Gasteiger partial charge in [-0.15, -0.1) is 0 Å². The summed E-state index contributed by atoms with van der Waals surface area (Å²) in [7, 11) is 0. The molecule has 0 saturated carbocycles. The molecule has 1 unspecified atom stereocenters. The number of hydrogen-bond donors (Lipinski definition) is 1. The van der Waals surface area contributed by atoms with Gasteiger partial charge in [-0.25, -0.2) is 0 Å². The van der Waals surface area contributed by atoms with Crippen LogP contribution in [0.4, 0.5) is 0 Å². The second kappa shape index (κ2) is 8.54. The van der Waals surface area contributed by atoms with Crippen molar-refractivity contribution in [2.45, 2.75) is 40.0 Å². The lowest BCUT2D eigenvalue weighted by atomic mass is 9.95. The Morgan fingerprint density at radius 3 is 2.37 bits per heavy atom. The van der Waals surface area contributed by atoms with Crippen LogP contribution in [0.2, 0.25) is 0 Å². The Kier molecular flexibility index (Phi) is 7.39. The maximum Gasteiger partial charge on any atom is 0.222 e. The molecule has 2 N–H and O–H groups in total. The van der Waals surface area contributed by atoms with E-state index < -0.39 is 0 Å². The first kappa shape index (κ1) is 16.4. The van der Waals surface area contributed by atoms with E-state index in [4.69, 9.17) is 5.73 Å². The average Bonchev–Trinajstić information content (AvgIpc) is 2.45. The predicted molar refractivity (Wildman–Crippen MR) is 79.9 cm³/mol. The van der Waals surface area contributed by atoms with Crippen molar-refractivity contribution in [1.29, 1.82) is 0 Å². The molecule has 112 valence electrons. The van der Waals surface area contributed by atoms with E-state index in [0.717, 1.165) is 44.9 Å². The van der Waals surface area contributed by atoms with Crippen LogP contribution in [0.3, 0.4) is 0 Å². The van der Waals surface area contributed by atoms with Crippen molar-refractivity contribution in [2.75, 3.05) is 39.3 Å². The average molecular weight is 269 g/mol. The van der Waals surface area contributed by atoms with Crippen LogP contribution >= 0.6 is 0 Å². The topological polar surface area (TPSA) is 49.6 Å². The van der Waals surface area contributed by atoms with Gasteiger partial charge in [-0.1, -0.05) is 20.8 Å². The number of nitrogens with two attached hydrogens (primary N) is 1. The zero-order valence-electron chi connectivity index (χ0n) is 12.9. The van der Waals surface area contributed by atoms with Crippen LogP contribution in [0.1, 0.15) is 40.0 Å². The minimum atomic E-state index is 0.291. The molecule has 0 aromatic rings. The van der Waals surface area contributed by atoms with E-state index in [9.17, 15) is 4.79 Å². The summed E-state index contributed by atoms with van der Waals surface area (Å²) in [6.45, 7) is 12.4. The molecule has 1 atom stereocenters. The smallest absolute Gasteiger partial charge is 0.222 e. The highest BCUT2D eigenvalue weighted by Gasteiger charge is 2.24. The molecule has 0 spiro atoms. The van der Waals surface area contributed by atoms with Gasteiger partial charge in [0.15, 0.2) is 0 Å². The SMILES string of the molecule is CCN(CC)CC1CCN(C(=O)CC(C)CN)CC1. The standard InChI is InChI=1S/C15H31N3O/c1-4-17(5-2)12-14-6-8-18(9-7-14)15(19)10-13(3)11-16/h13-14H,4-12,16H2,1-3H3. The third-order valence-corrected chi connectivity index (χ3v) is 4.30. The summed E-state index contributed by atoms with van der Waals surface area (Å²) in [6.07, 6.45) is 2.91. The minimum Gasteiger partial charge on any atom is -0.343 e. The number of likely N-dealkylation sites (tertiary alicyclic amines) is 1. The van der Waals surface area contributed by atoms with Crippen LogP contribution in [-0.2, 0) is 4.79 Å². The van der Waals surface area contributed by atoms with Crippen molar-refractivity contribution in [3.05, 3.63) is 0 Å². The third-order valence-electron chi connectivity index (χ3n) is 4.30. The molecular formula is C15H31N3O. The molecule has 1 aliphatic heterocycles. The normalized spacial score (nSPS) is 18.9. The van der Waals surface area contributed by atoms with Crippen molar-refractivity contribution in [2.24, 2.45) is 17.6 Å². The maximum atomic E-state index is 12.1. The lowest BCUT2D eigenvalue weighted by Gasteiger charge is -2.34. The Bertz CT molecular complexity index is 258. The molecule has 0 aromatic heterocycles. The first-order valence-corrected chi connectivity index (χ1v) is 7.80. The van der Waals surface area contributed by atoms with E-state index in [2.05, 4.69) is 18.7 Å². The van der Waals surface area contributed by atoms with E-state index >= 15 is 0 Å². The Hall–Kier alpha value is -0.610. The van der Waals surface area contributed by atoms with Crippen molar-refractivity contribution >= 4 is 5.91 Å². The first-order chi connectivity index (χ1) is 9.10.